The van der Waals surface area contributed by atoms with Crippen LogP contribution in [0.5, 0.6) is 0 Å². The second-order valence-electron chi connectivity index (χ2n) is 6.32. The van der Waals surface area contributed by atoms with Gasteiger partial charge in [-0.15, -0.1) is 0 Å². The Labute approximate surface area is 148 Å². The van der Waals surface area contributed by atoms with Gasteiger partial charge in [-0.3, -0.25) is 25.0 Å². The van der Waals surface area contributed by atoms with Gasteiger partial charge < -0.3 is 0 Å². The summed E-state index contributed by atoms with van der Waals surface area (Å²) in [5.41, 5.74) is 2.90. The highest BCUT2D eigenvalue weighted by atomic mass is 79.9. The molecule has 1 unspecified atom stereocenters. The van der Waals surface area contributed by atoms with Crippen molar-refractivity contribution in [3.8, 4) is 11.1 Å². The summed E-state index contributed by atoms with van der Waals surface area (Å²) >= 11 is 3.45. The van der Waals surface area contributed by atoms with E-state index in [0.717, 1.165) is 34.1 Å². The molecule has 1 amide bonds. The van der Waals surface area contributed by atoms with Gasteiger partial charge in [0.15, 0.2) is 0 Å². The first-order valence-corrected chi connectivity index (χ1v) is 8.72. The number of hydrogen-bond acceptors (Lipinski definition) is 3. The number of amides is 1. The van der Waals surface area contributed by atoms with Gasteiger partial charge in [-0.1, -0.05) is 12.1 Å². The molecule has 1 atom stereocenters. The van der Waals surface area contributed by atoms with E-state index in [1.165, 1.54) is 4.90 Å². The predicted octanol–water partition coefficient (Wildman–Crippen LogP) is 3.50. The molecule has 1 N–H and O–H groups in total. The summed E-state index contributed by atoms with van der Waals surface area (Å²) in [4.78, 5) is 20.0. The zero-order valence-electron chi connectivity index (χ0n) is 13.2. The van der Waals surface area contributed by atoms with E-state index in [1.54, 1.807) is 13.2 Å². The van der Waals surface area contributed by atoms with Crippen molar-refractivity contribution in [3.05, 3.63) is 47.2 Å². The van der Waals surface area contributed by atoms with Crippen LogP contribution in [0.25, 0.3) is 11.1 Å². The molecule has 5 nitrogen and oxygen atoms in total. The number of carbonyl (C=O) groups is 1. The van der Waals surface area contributed by atoms with E-state index in [-0.39, 0.29) is 17.9 Å². The topological polar surface area (TPSA) is 60.3 Å². The van der Waals surface area contributed by atoms with Crippen LogP contribution in [0.3, 0.4) is 0 Å². The summed E-state index contributed by atoms with van der Waals surface area (Å²) in [6.07, 6.45) is 5.68. The normalized spacial score (nSPS) is 20.8. The molecular weight excluding hydrogens is 368 g/mol. The molecule has 1 aromatic heterocycles. The summed E-state index contributed by atoms with van der Waals surface area (Å²) in [6.45, 7) is 0. The Hall–Kier alpha value is -2.21. The Bertz CT molecular complexity index is 833. The number of benzene rings is 1. The molecule has 122 valence electrons. The van der Waals surface area contributed by atoms with Crippen molar-refractivity contribution in [1.29, 1.82) is 5.41 Å². The Morgan fingerprint density at radius 3 is 2.71 bits per heavy atom. The van der Waals surface area contributed by atoms with Crippen molar-refractivity contribution >= 4 is 33.5 Å². The van der Waals surface area contributed by atoms with Crippen LogP contribution in [0.2, 0.25) is 0 Å². The molecule has 1 saturated carbocycles. The van der Waals surface area contributed by atoms with Crippen molar-refractivity contribution in [1.82, 2.24) is 9.88 Å². The van der Waals surface area contributed by atoms with Crippen molar-refractivity contribution in [2.75, 3.05) is 11.9 Å². The molecule has 1 saturated heterocycles. The molecule has 2 fully saturated rings. The number of guanidine groups is 1. The maximum absolute atomic E-state index is 12.5. The number of likely N-dealkylation sites (N-methyl/N-ethyl adjacent to an activating group) is 1. The number of nitrogens with zero attached hydrogens (tertiary/aromatic N) is 3. The van der Waals surface area contributed by atoms with Crippen LogP contribution < -0.4 is 4.90 Å². The Kier molecular flexibility index (Phi) is 3.64. The Balaban J connectivity index is 1.75. The first kappa shape index (κ1) is 15.3. The highest BCUT2D eigenvalue weighted by Crippen LogP contribution is 2.41. The van der Waals surface area contributed by atoms with Crippen LogP contribution in [0, 0.1) is 11.3 Å². The van der Waals surface area contributed by atoms with Crippen LogP contribution in [0.1, 0.15) is 12.8 Å². The summed E-state index contributed by atoms with van der Waals surface area (Å²) in [5, 5.41) is 8.35. The highest BCUT2D eigenvalue weighted by Gasteiger charge is 2.49. The maximum atomic E-state index is 12.5. The average Bonchev–Trinajstić information content (AvgIpc) is 3.39. The number of carbonyl (C=O) groups excluding carboxylic acids is 1. The lowest BCUT2D eigenvalue weighted by molar-refractivity contribution is -0.126. The SMILES string of the molecule is CN1C(=N)N(c2cccc(-c3cncc(Br)c3)c2)C(C2CC2)C1=O. The van der Waals surface area contributed by atoms with Gasteiger partial charge in [0.2, 0.25) is 5.96 Å². The van der Waals surface area contributed by atoms with E-state index >= 15 is 0 Å². The number of nitrogens with one attached hydrogen (secondary N) is 1. The van der Waals surface area contributed by atoms with Crippen LogP contribution >= 0.6 is 15.9 Å². The molecular formula is C18H17BrN4O. The van der Waals surface area contributed by atoms with Gasteiger partial charge in [0.25, 0.3) is 5.91 Å². The van der Waals surface area contributed by atoms with E-state index in [1.807, 2.05) is 41.4 Å². The molecule has 0 radical (unpaired) electrons. The zero-order chi connectivity index (χ0) is 16.8. The monoisotopic (exact) mass is 384 g/mol. The lowest BCUT2D eigenvalue weighted by atomic mass is 10.1. The standard InChI is InChI=1S/C18H17BrN4O/c1-22-17(24)16(11-5-6-11)23(18(22)20)15-4-2-3-12(8-15)13-7-14(19)10-21-9-13/h2-4,7-11,16,20H,5-6H2,1H3. The quantitative estimate of drug-likeness (QED) is 0.880. The maximum Gasteiger partial charge on any atom is 0.252 e. The van der Waals surface area contributed by atoms with E-state index in [9.17, 15) is 4.79 Å². The number of halogens is 1. The third kappa shape index (κ3) is 2.51. The summed E-state index contributed by atoms with van der Waals surface area (Å²) in [5.74, 6) is 0.637. The van der Waals surface area contributed by atoms with Gasteiger partial charge in [-0.25, -0.2) is 0 Å². The first-order chi connectivity index (χ1) is 11.6. The van der Waals surface area contributed by atoms with Gasteiger partial charge >= 0.3 is 0 Å². The van der Waals surface area contributed by atoms with Crippen LogP contribution in [-0.2, 0) is 4.79 Å². The molecule has 1 aromatic carbocycles. The molecule has 2 aromatic rings. The minimum Gasteiger partial charge on any atom is -0.300 e. The number of anilines is 1. The largest absolute Gasteiger partial charge is 0.300 e. The van der Waals surface area contributed by atoms with E-state index < -0.39 is 0 Å². The molecule has 4 rings (SSSR count). The van der Waals surface area contributed by atoms with Crippen molar-refractivity contribution in [2.45, 2.75) is 18.9 Å². The van der Waals surface area contributed by atoms with Gasteiger partial charge in [0.1, 0.15) is 6.04 Å². The van der Waals surface area contributed by atoms with E-state index in [2.05, 4.69) is 20.9 Å². The number of aromatic nitrogens is 1. The minimum atomic E-state index is -0.238. The fourth-order valence-corrected chi connectivity index (χ4v) is 3.58. The minimum absolute atomic E-state index is 0.0250. The van der Waals surface area contributed by atoms with Crippen molar-refractivity contribution < 1.29 is 4.79 Å². The van der Waals surface area contributed by atoms with Gasteiger partial charge in [-0.2, -0.15) is 0 Å². The first-order valence-electron chi connectivity index (χ1n) is 7.92. The lowest BCUT2D eigenvalue weighted by Crippen LogP contribution is -2.37. The Morgan fingerprint density at radius 1 is 1.21 bits per heavy atom. The van der Waals surface area contributed by atoms with Crippen LogP contribution in [0.4, 0.5) is 5.69 Å². The molecule has 1 aliphatic heterocycles. The van der Waals surface area contributed by atoms with E-state index in [4.69, 9.17) is 5.41 Å². The van der Waals surface area contributed by atoms with Crippen LogP contribution in [0.15, 0.2) is 47.2 Å². The van der Waals surface area contributed by atoms with Crippen molar-refractivity contribution in [2.24, 2.45) is 5.92 Å². The second kappa shape index (κ2) is 5.70. The zero-order valence-corrected chi connectivity index (χ0v) is 14.8. The average molecular weight is 385 g/mol. The number of pyridine rings is 1. The number of hydrogen-bond donors (Lipinski definition) is 1. The molecule has 1 aliphatic carbocycles. The molecule has 0 bridgehead atoms. The summed E-state index contributed by atoms with van der Waals surface area (Å²) in [7, 11) is 1.68. The molecule has 0 spiro atoms. The number of rotatable bonds is 3. The third-order valence-corrected chi connectivity index (χ3v) is 5.07. The van der Waals surface area contributed by atoms with Crippen molar-refractivity contribution in [3.63, 3.8) is 0 Å². The lowest BCUT2D eigenvalue weighted by Gasteiger charge is -2.24. The second-order valence-corrected chi connectivity index (χ2v) is 7.23. The van der Waals surface area contributed by atoms with E-state index in [0.29, 0.717) is 5.92 Å². The summed E-state index contributed by atoms with van der Waals surface area (Å²) in [6, 6.07) is 9.75. The van der Waals surface area contributed by atoms with Gasteiger partial charge in [-0.05, 0) is 58.5 Å². The fraction of sp³-hybridized carbons (Fsp3) is 0.278. The van der Waals surface area contributed by atoms with Gasteiger partial charge in [0.05, 0.1) is 0 Å². The fourth-order valence-electron chi connectivity index (χ4n) is 3.22. The molecule has 6 heteroatoms. The molecule has 24 heavy (non-hydrogen) atoms. The Morgan fingerprint density at radius 2 is 2.00 bits per heavy atom. The third-order valence-electron chi connectivity index (χ3n) is 4.64. The smallest absolute Gasteiger partial charge is 0.252 e. The molecule has 2 aliphatic rings. The predicted molar refractivity (Wildman–Crippen MR) is 96.9 cm³/mol. The summed E-state index contributed by atoms with van der Waals surface area (Å²) < 4.78 is 0.921. The molecule has 2 heterocycles. The van der Waals surface area contributed by atoms with Gasteiger partial charge in [0, 0.05) is 35.2 Å². The van der Waals surface area contributed by atoms with Crippen LogP contribution in [-0.4, -0.2) is 34.8 Å². The highest BCUT2D eigenvalue weighted by molar-refractivity contribution is 9.10.